The summed E-state index contributed by atoms with van der Waals surface area (Å²) in [7, 11) is -4.17. The third kappa shape index (κ3) is 4.24. The van der Waals surface area contributed by atoms with Gasteiger partial charge >= 0.3 is 0 Å². The number of amides is 1. The highest BCUT2D eigenvalue weighted by Gasteiger charge is 2.48. The summed E-state index contributed by atoms with van der Waals surface area (Å²) in [5, 5.41) is 13.8. The fourth-order valence-corrected chi connectivity index (χ4v) is 6.45. The van der Waals surface area contributed by atoms with Crippen molar-refractivity contribution in [2.45, 2.75) is 61.5 Å². The average Bonchev–Trinajstić information content (AvgIpc) is 2.81. The van der Waals surface area contributed by atoms with Gasteiger partial charge < -0.3 is 16.2 Å². The van der Waals surface area contributed by atoms with E-state index in [-0.39, 0.29) is 22.1 Å². The number of rotatable bonds is 6. The van der Waals surface area contributed by atoms with Gasteiger partial charge in [0.15, 0.2) is 5.60 Å². The van der Waals surface area contributed by atoms with Gasteiger partial charge in [-0.2, -0.15) is 8.42 Å². The number of fused-ring (bicyclic) bond motifs is 1. The maximum absolute atomic E-state index is 13.1. The van der Waals surface area contributed by atoms with Crippen LogP contribution in [0.5, 0.6) is 5.75 Å². The van der Waals surface area contributed by atoms with Gasteiger partial charge in [0.25, 0.3) is 16.0 Å². The highest BCUT2D eigenvalue weighted by Crippen LogP contribution is 2.46. The molecule has 0 spiro atoms. The molecule has 1 saturated carbocycles. The summed E-state index contributed by atoms with van der Waals surface area (Å²) in [5.41, 5.74) is 8.13. The molecule has 1 heterocycles. The van der Waals surface area contributed by atoms with Crippen molar-refractivity contribution in [3.05, 3.63) is 77.9 Å². The van der Waals surface area contributed by atoms with Crippen molar-refractivity contribution >= 4 is 21.7 Å². The molecule has 0 radical (unpaired) electrons. The van der Waals surface area contributed by atoms with Crippen molar-refractivity contribution in [2.75, 3.05) is 5.32 Å². The van der Waals surface area contributed by atoms with Crippen LogP contribution < -0.4 is 11.1 Å². The zero-order chi connectivity index (χ0) is 25.7. The zero-order valence-electron chi connectivity index (χ0n) is 20.3. The number of carbonyl (C=O) groups excluding carboxylic acids is 1. The van der Waals surface area contributed by atoms with E-state index in [4.69, 9.17) is 9.92 Å². The molecule has 1 aliphatic carbocycles. The summed E-state index contributed by atoms with van der Waals surface area (Å²) in [6.07, 6.45) is 2.04. The van der Waals surface area contributed by atoms with Gasteiger partial charge in [-0.1, -0.05) is 50.2 Å². The Bertz CT molecular complexity index is 1440. The molecule has 1 aliphatic heterocycles. The van der Waals surface area contributed by atoms with Crippen LogP contribution in [0.15, 0.2) is 71.6 Å². The molecule has 1 amide bonds. The molecule has 36 heavy (non-hydrogen) atoms. The number of benzene rings is 3. The lowest BCUT2D eigenvalue weighted by Crippen LogP contribution is -2.52. The molecule has 188 valence electrons. The first-order chi connectivity index (χ1) is 17.0. The predicted octanol–water partition coefficient (Wildman–Crippen LogP) is 5.01. The van der Waals surface area contributed by atoms with E-state index in [0.717, 1.165) is 34.4 Å². The Morgan fingerprint density at radius 3 is 2.47 bits per heavy atom. The minimum atomic E-state index is -4.17. The van der Waals surface area contributed by atoms with E-state index in [0.29, 0.717) is 19.3 Å². The second kappa shape index (κ2) is 8.64. The Kier molecular flexibility index (Phi) is 5.84. The quantitative estimate of drug-likeness (QED) is 0.405. The van der Waals surface area contributed by atoms with Gasteiger partial charge in [0.1, 0.15) is 5.75 Å². The normalized spacial score (nSPS) is 20.0. The van der Waals surface area contributed by atoms with Gasteiger partial charge in [-0.3, -0.25) is 4.79 Å². The number of hydrogen-bond acceptors (Lipinski definition) is 6. The second-order valence-electron chi connectivity index (χ2n) is 10.4. The molecule has 2 aliphatic rings. The summed E-state index contributed by atoms with van der Waals surface area (Å²) in [5.74, 6) is -0.515. The smallest absolute Gasteiger partial charge is 0.298 e. The van der Waals surface area contributed by atoms with Gasteiger partial charge in [-0.05, 0) is 78.1 Å². The number of phenols is 1. The predicted molar refractivity (Wildman–Crippen MR) is 138 cm³/mol. The van der Waals surface area contributed by atoms with E-state index in [9.17, 15) is 18.3 Å². The van der Waals surface area contributed by atoms with Crippen molar-refractivity contribution in [3.8, 4) is 16.9 Å². The van der Waals surface area contributed by atoms with E-state index in [1.807, 2.05) is 24.3 Å². The van der Waals surface area contributed by atoms with Crippen LogP contribution >= 0.6 is 0 Å². The van der Waals surface area contributed by atoms with Crippen molar-refractivity contribution in [1.82, 2.24) is 0 Å². The SMILES string of the molecule is CC1(C)CC(c2cccc(-c3ccccc3O)c2)Nc2ccc(S(=O)(=O)OC3(C(N)=O)CCC3)cc21. The molecule has 7 nitrogen and oxygen atoms in total. The number of carbonyl (C=O) groups is 1. The number of primary amides is 1. The molecular formula is C28H30N2O5S. The number of nitrogens with one attached hydrogen (secondary N) is 1. The van der Waals surface area contributed by atoms with Gasteiger partial charge in [-0.25, -0.2) is 4.18 Å². The minimum Gasteiger partial charge on any atom is -0.507 e. The van der Waals surface area contributed by atoms with Crippen molar-refractivity contribution < 1.29 is 22.5 Å². The van der Waals surface area contributed by atoms with Crippen LogP contribution in [-0.2, 0) is 24.5 Å². The molecule has 0 aromatic heterocycles. The molecule has 3 aromatic rings. The molecule has 1 fully saturated rings. The first-order valence-corrected chi connectivity index (χ1v) is 13.5. The Labute approximate surface area is 211 Å². The highest BCUT2D eigenvalue weighted by molar-refractivity contribution is 7.86. The number of phenolic OH excluding ortho intramolecular Hbond substituents is 1. The van der Waals surface area contributed by atoms with E-state index in [1.54, 1.807) is 24.3 Å². The summed E-state index contributed by atoms with van der Waals surface area (Å²) in [6, 6.07) is 20.2. The van der Waals surface area contributed by atoms with Crippen LogP contribution in [-0.4, -0.2) is 25.0 Å². The number of anilines is 1. The van der Waals surface area contributed by atoms with Crippen LogP contribution in [0.1, 0.15) is 56.7 Å². The van der Waals surface area contributed by atoms with Crippen LogP contribution in [0, 0.1) is 0 Å². The molecule has 1 atom stereocenters. The van der Waals surface area contributed by atoms with Gasteiger partial charge in [0.2, 0.25) is 0 Å². The third-order valence-corrected chi connectivity index (χ3v) is 8.81. The third-order valence-electron chi connectivity index (χ3n) is 7.44. The summed E-state index contributed by atoms with van der Waals surface area (Å²) < 4.78 is 31.5. The lowest BCUT2D eigenvalue weighted by Gasteiger charge is -2.40. The topological polar surface area (TPSA) is 119 Å². The van der Waals surface area contributed by atoms with Crippen LogP contribution in [0.3, 0.4) is 0 Å². The lowest BCUT2D eigenvalue weighted by molar-refractivity contribution is -0.140. The minimum absolute atomic E-state index is 0.00915. The molecule has 8 heteroatoms. The average molecular weight is 507 g/mol. The zero-order valence-corrected chi connectivity index (χ0v) is 21.1. The highest BCUT2D eigenvalue weighted by atomic mass is 32.2. The van der Waals surface area contributed by atoms with Gasteiger partial charge in [-0.15, -0.1) is 0 Å². The Balaban J connectivity index is 1.45. The second-order valence-corrected chi connectivity index (χ2v) is 11.9. The van der Waals surface area contributed by atoms with E-state index in [1.165, 1.54) is 6.07 Å². The molecular weight excluding hydrogens is 476 g/mol. The molecule has 5 rings (SSSR count). The lowest BCUT2D eigenvalue weighted by atomic mass is 9.74. The molecule has 0 saturated heterocycles. The summed E-state index contributed by atoms with van der Waals surface area (Å²) in [4.78, 5) is 11.9. The number of para-hydroxylation sites is 1. The van der Waals surface area contributed by atoms with Crippen molar-refractivity contribution in [1.29, 1.82) is 0 Å². The van der Waals surface area contributed by atoms with Crippen molar-refractivity contribution in [3.63, 3.8) is 0 Å². The largest absolute Gasteiger partial charge is 0.507 e. The first kappa shape index (κ1) is 24.3. The van der Waals surface area contributed by atoms with E-state index in [2.05, 4.69) is 31.3 Å². The standard InChI is InChI=1S/C28H30N2O5S/c1-27(2)17-24(19-8-5-7-18(15-19)21-9-3-4-10-25(21)31)30-23-12-11-20(16-22(23)27)36(33,34)35-28(26(29)32)13-6-14-28/h3-5,7-12,15-16,24,30-31H,6,13-14,17H2,1-2H3,(H2,29,32). The van der Waals surface area contributed by atoms with Gasteiger partial charge in [0, 0.05) is 11.3 Å². The van der Waals surface area contributed by atoms with Crippen LogP contribution in [0.4, 0.5) is 5.69 Å². The summed E-state index contributed by atoms with van der Waals surface area (Å²) >= 11 is 0. The Morgan fingerprint density at radius 1 is 1.06 bits per heavy atom. The fourth-order valence-electron chi connectivity index (χ4n) is 5.19. The molecule has 3 aromatic carbocycles. The van der Waals surface area contributed by atoms with Crippen LogP contribution in [0.2, 0.25) is 0 Å². The maximum Gasteiger partial charge on any atom is 0.298 e. The molecule has 4 N–H and O–H groups in total. The van der Waals surface area contributed by atoms with Crippen molar-refractivity contribution in [2.24, 2.45) is 5.73 Å². The number of nitrogens with two attached hydrogens (primary N) is 1. The molecule has 1 unspecified atom stereocenters. The molecule has 0 bridgehead atoms. The summed E-state index contributed by atoms with van der Waals surface area (Å²) in [6.45, 7) is 4.17. The monoisotopic (exact) mass is 506 g/mol. The maximum atomic E-state index is 13.1. The number of hydrogen-bond donors (Lipinski definition) is 3. The van der Waals surface area contributed by atoms with E-state index < -0.39 is 21.6 Å². The van der Waals surface area contributed by atoms with Crippen LogP contribution in [0.25, 0.3) is 11.1 Å². The first-order valence-electron chi connectivity index (χ1n) is 12.1. The Hall–Kier alpha value is -3.36. The Morgan fingerprint density at radius 2 is 1.81 bits per heavy atom. The van der Waals surface area contributed by atoms with Gasteiger partial charge in [0.05, 0.1) is 10.9 Å². The fraction of sp³-hybridized carbons (Fsp3) is 0.321. The number of aromatic hydroxyl groups is 1. The van der Waals surface area contributed by atoms with E-state index >= 15 is 0 Å².